The normalized spacial score (nSPS) is 35.3. The number of hydrogen-bond acceptors (Lipinski definition) is 3. The highest BCUT2D eigenvalue weighted by Gasteiger charge is 2.37. The smallest absolute Gasteiger partial charge is 0.130 e. The summed E-state index contributed by atoms with van der Waals surface area (Å²) in [6, 6.07) is 0. The van der Waals surface area contributed by atoms with Gasteiger partial charge in [-0.2, -0.15) is 5.06 Å². The molecule has 9 heavy (non-hydrogen) atoms. The van der Waals surface area contributed by atoms with Crippen molar-refractivity contribution in [2.24, 2.45) is 0 Å². The van der Waals surface area contributed by atoms with E-state index in [1.807, 2.05) is 20.8 Å². The number of hydroxylamine groups is 2. The van der Waals surface area contributed by atoms with Crippen LogP contribution in [0.25, 0.3) is 0 Å². The Morgan fingerprint density at radius 1 is 1.67 bits per heavy atom. The fraction of sp³-hybridized carbons (Fsp3) is 1.00. The molecule has 1 atom stereocenters. The Morgan fingerprint density at radius 2 is 2.22 bits per heavy atom. The van der Waals surface area contributed by atoms with Crippen LogP contribution in [0.4, 0.5) is 0 Å². The summed E-state index contributed by atoms with van der Waals surface area (Å²) in [6.45, 7) is 6.31. The van der Waals surface area contributed by atoms with Crippen LogP contribution in [0.5, 0.6) is 0 Å². The minimum atomic E-state index is -0.209. The highest BCUT2D eigenvalue weighted by atomic mass is 16.6. The fourth-order valence-corrected chi connectivity index (χ4v) is 0.953. The summed E-state index contributed by atoms with van der Waals surface area (Å²) in [7, 11) is 0. The van der Waals surface area contributed by atoms with Crippen LogP contribution in [0, 0.1) is 0 Å². The van der Waals surface area contributed by atoms with Gasteiger partial charge >= 0.3 is 0 Å². The third kappa shape index (κ3) is 1.08. The van der Waals surface area contributed by atoms with Crippen molar-refractivity contribution < 1.29 is 9.94 Å². The molecule has 1 aliphatic rings. The highest BCUT2D eigenvalue weighted by Crippen LogP contribution is 2.23. The Hall–Kier alpha value is -0.120. The van der Waals surface area contributed by atoms with Crippen molar-refractivity contribution in [1.29, 1.82) is 0 Å². The number of nitrogens with zero attached hydrogens (tertiary/aromatic N) is 1. The van der Waals surface area contributed by atoms with Gasteiger partial charge in [-0.3, -0.25) is 0 Å². The van der Waals surface area contributed by atoms with Crippen LogP contribution < -0.4 is 0 Å². The summed E-state index contributed by atoms with van der Waals surface area (Å²) in [5, 5.41) is 10.5. The van der Waals surface area contributed by atoms with Gasteiger partial charge in [0.2, 0.25) is 0 Å². The molecule has 1 rings (SSSR count). The summed E-state index contributed by atoms with van der Waals surface area (Å²) in [5.41, 5.74) is -0.209. The molecule has 0 radical (unpaired) electrons. The van der Waals surface area contributed by atoms with Crippen LogP contribution in [0.2, 0.25) is 0 Å². The third-order valence-corrected chi connectivity index (χ3v) is 1.64. The van der Waals surface area contributed by atoms with Gasteiger partial charge in [0.15, 0.2) is 0 Å². The number of rotatable bonds is 0. The van der Waals surface area contributed by atoms with Gasteiger partial charge in [-0.15, -0.1) is 0 Å². The number of hydrogen-bond donors (Lipinski definition) is 1. The molecule has 1 aliphatic heterocycles. The van der Waals surface area contributed by atoms with Crippen LogP contribution in [0.3, 0.4) is 0 Å². The van der Waals surface area contributed by atoms with Crippen LogP contribution in [0.15, 0.2) is 0 Å². The summed E-state index contributed by atoms with van der Waals surface area (Å²) in [6.07, 6.45) is -0.153. The molecule has 3 nitrogen and oxygen atoms in total. The van der Waals surface area contributed by atoms with Crippen molar-refractivity contribution in [1.82, 2.24) is 5.06 Å². The molecule has 1 heterocycles. The van der Waals surface area contributed by atoms with Gasteiger partial charge < -0.3 is 9.94 Å². The molecule has 0 bridgehead atoms. The predicted molar refractivity (Wildman–Crippen MR) is 33.1 cm³/mol. The Balaban J connectivity index is 2.62. The predicted octanol–water partition coefficient (Wildman–Crippen LogP) is 0.832. The van der Waals surface area contributed by atoms with E-state index in [9.17, 15) is 5.21 Å². The molecule has 0 aromatic carbocycles. The first-order valence-corrected chi connectivity index (χ1v) is 3.14. The largest absolute Gasteiger partial charge is 0.359 e. The average molecular weight is 131 g/mol. The molecule has 0 spiro atoms. The lowest BCUT2D eigenvalue weighted by Gasteiger charge is -2.24. The van der Waals surface area contributed by atoms with Crippen molar-refractivity contribution in [3.63, 3.8) is 0 Å². The molecule has 0 saturated carbocycles. The number of ether oxygens (including phenoxy) is 1. The van der Waals surface area contributed by atoms with Crippen LogP contribution >= 0.6 is 0 Å². The van der Waals surface area contributed by atoms with Gasteiger partial charge in [0.25, 0.3) is 0 Å². The van der Waals surface area contributed by atoms with Gasteiger partial charge in [-0.1, -0.05) is 0 Å². The minimum Gasteiger partial charge on any atom is -0.359 e. The third-order valence-electron chi connectivity index (χ3n) is 1.64. The minimum absolute atomic E-state index is 0.153. The molecule has 3 heteroatoms. The second-order valence-electron chi connectivity index (χ2n) is 3.07. The maximum atomic E-state index is 9.23. The Morgan fingerprint density at radius 3 is 2.33 bits per heavy atom. The van der Waals surface area contributed by atoms with Crippen molar-refractivity contribution in [3.05, 3.63) is 0 Å². The second kappa shape index (κ2) is 1.94. The summed E-state index contributed by atoms with van der Waals surface area (Å²) >= 11 is 0. The van der Waals surface area contributed by atoms with Crippen molar-refractivity contribution in [2.45, 2.75) is 32.5 Å². The SMILES string of the molecule is CC1OCC(C)(C)N1O. The van der Waals surface area contributed by atoms with Gasteiger partial charge in [0.05, 0.1) is 12.1 Å². The quantitative estimate of drug-likeness (QED) is 0.528. The molecule has 1 unspecified atom stereocenters. The first-order valence-electron chi connectivity index (χ1n) is 3.14. The zero-order chi connectivity index (χ0) is 7.07. The maximum absolute atomic E-state index is 9.23. The van der Waals surface area contributed by atoms with Crippen LogP contribution in [-0.4, -0.2) is 28.6 Å². The molecular weight excluding hydrogens is 118 g/mol. The lowest BCUT2D eigenvalue weighted by atomic mass is 10.1. The van der Waals surface area contributed by atoms with E-state index in [0.29, 0.717) is 6.61 Å². The standard InChI is InChI=1S/C6H13NO2/c1-5-7(8)6(2,3)4-9-5/h5,8H,4H2,1-3H3. The molecule has 0 aromatic heterocycles. The zero-order valence-corrected chi connectivity index (χ0v) is 6.09. The van der Waals surface area contributed by atoms with Crippen molar-refractivity contribution >= 4 is 0 Å². The second-order valence-corrected chi connectivity index (χ2v) is 3.07. The van der Waals surface area contributed by atoms with E-state index >= 15 is 0 Å². The summed E-state index contributed by atoms with van der Waals surface area (Å²) in [4.78, 5) is 0. The van der Waals surface area contributed by atoms with Crippen molar-refractivity contribution in [3.8, 4) is 0 Å². The first kappa shape index (κ1) is 6.99. The van der Waals surface area contributed by atoms with E-state index in [0.717, 1.165) is 0 Å². The molecule has 0 amide bonds. The maximum Gasteiger partial charge on any atom is 0.130 e. The van der Waals surface area contributed by atoms with E-state index in [1.54, 1.807) is 0 Å². The fourth-order valence-electron chi connectivity index (χ4n) is 0.953. The Bertz CT molecular complexity index is 114. The Labute approximate surface area is 55.2 Å². The van der Waals surface area contributed by atoms with Crippen molar-refractivity contribution in [2.75, 3.05) is 6.61 Å². The highest BCUT2D eigenvalue weighted by molar-refractivity contribution is 4.81. The van der Waals surface area contributed by atoms with Gasteiger partial charge in [0.1, 0.15) is 6.23 Å². The summed E-state index contributed by atoms with van der Waals surface area (Å²) < 4.78 is 5.16. The van der Waals surface area contributed by atoms with E-state index in [-0.39, 0.29) is 11.8 Å². The van der Waals surface area contributed by atoms with Gasteiger partial charge in [0, 0.05) is 0 Å². The lowest BCUT2D eigenvalue weighted by molar-refractivity contribution is -0.183. The monoisotopic (exact) mass is 131 g/mol. The van der Waals surface area contributed by atoms with E-state index in [1.165, 1.54) is 5.06 Å². The van der Waals surface area contributed by atoms with Gasteiger partial charge in [-0.05, 0) is 20.8 Å². The first-order chi connectivity index (χ1) is 4.04. The molecular formula is C6H13NO2. The van der Waals surface area contributed by atoms with Crippen LogP contribution in [0.1, 0.15) is 20.8 Å². The van der Waals surface area contributed by atoms with E-state index < -0.39 is 0 Å². The lowest BCUT2D eigenvalue weighted by Crippen LogP contribution is -2.40. The molecule has 1 saturated heterocycles. The van der Waals surface area contributed by atoms with Gasteiger partial charge in [-0.25, -0.2) is 0 Å². The molecule has 54 valence electrons. The zero-order valence-electron chi connectivity index (χ0n) is 6.09. The Kier molecular flexibility index (Phi) is 1.50. The van der Waals surface area contributed by atoms with E-state index in [4.69, 9.17) is 4.74 Å². The van der Waals surface area contributed by atoms with E-state index in [2.05, 4.69) is 0 Å². The molecule has 0 aromatic rings. The molecule has 1 fully saturated rings. The molecule has 1 N–H and O–H groups in total. The topological polar surface area (TPSA) is 32.7 Å². The average Bonchev–Trinajstić information content (AvgIpc) is 1.97. The molecule has 0 aliphatic carbocycles. The van der Waals surface area contributed by atoms with Crippen LogP contribution in [-0.2, 0) is 4.74 Å². The summed E-state index contributed by atoms with van der Waals surface area (Å²) in [5.74, 6) is 0.